The number of rotatable bonds is 2. The first-order chi connectivity index (χ1) is 9.25. The van der Waals surface area contributed by atoms with Crippen LogP contribution < -0.4 is 4.67 Å². The Morgan fingerprint density at radius 3 is 2.35 bits per heavy atom. The van der Waals surface area contributed by atoms with Gasteiger partial charge in [0, 0.05) is 18.2 Å². The Morgan fingerprint density at radius 2 is 1.85 bits per heavy atom. The quantitative estimate of drug-likeness (QED) is 0.768. The number of nitrogens with zero attached hydrogens (tertiary/aromatic N) is 2. The van der Waals surface area contributed by atoms with Crippen LogP contribution in [0.15, 0.2) is 30.3 Å². The summed E-state index contributed by atoms with van der Waals surface area (Å²) in [5.41, 5.74) is 1.39. The van der Waals surface area contributed by atoms with Crippen LogP contribution in [0.4, 0.5) is 5.69 Å². The standard InChI is InChI=1S/C15H25N2OPS/c1-15(2,3)13-11-17(14-9-7-6-8-10-14)19(20,16(4)5)18-12-13/h6-10,13H,11-12H2,1-5H3/t13-,19-/m1/s1. The molecule has 0 aliphatic carbocycles. The van der Waals surface area contributed by atoms with Gasteiger partial charge in [-0.15, -0.1) is 0 Å². The highest BCUT2D eigenvalue weighted by atomic mass is 32.5. The predicted molar refractivity (Wildman–Crippen MR) is 90.7 cm³/mol. The van der Waals surface area contributed by atoms with Crippen LogP contribution >= 0.6 is 6.57 Å². The Balaban J connectivity index is 2.37. The fraction of sp³-hybridized carbons (Fsp3) is 0.600. The van der Waals surface area contributed by atoms with Crippen LogP contribution in [0, 0.1) is 11.3 Å². The summed E-state index contributed by atoms with van der Waals surface area (Å²) in [5, 5.41) is 0. The van der Waals surface area contributed by atoms with Crippen LogP contribution in [0.3, 0.4) is 0 Å². The van der Waals surface area contributed by atoms with Gasteiger partial charge in [-0.1, -0.05) is 39.0 Å². The lowest BCUT2D eigenvalue weighted by Crippen LogP contribution is -2.44. The molecule has 1 aliphatic rings. The lowest BCUT2D eigenvalue weighted by molar-refractivity contribution is 0.140. The Bertz CT molecular complexity index is 498. The van der Waals surface area contributed by atoms with E-state index in [2.05, 4.69) is 54.4 Å². The highest BCUT2D eigenvalue weighted by Gasteiger charge is 2.40. The summed E-state index contributed by atoms with van der Waals surface area (Å²) in [7, 11) is 4.04. The van der Waals surface area contributed by atoms with Crippen LogP contribution in [0.2, 0.25) is 0 Å². The van der Waals surface area contributed by atoms with Gasteiger partial charge in [-0.2, -0.15) is 0 Å². The maximum Gasteiger partial charge on any atom is 0.228 e. The van der Waals surface area contributed by atoms with Gasteiger partial charge in [0.15, 0.2) is 0 Å². The first-order valence-electron chi connectivity index (χ1n) is 7.00. The first kappa shape index (κ1) is 16.0. The van der Waals surface area contributed by atoms with Crippen molar-refractivity contribution in [2.45, 2.75) is 20.8 Å². The molecular weight excluding hydrogens is 287 g/mol. The van der Waals surface area contributed by atoms with Crippen LogP contribution in [-0.2, 0) is 16.3 Å². The minimum Gasteiger partial charge on any atom is -0.322 e. The average Bonchev–Trinajstić information content (AvgIpc) is 2.38. The molecule has 0 saturated carbocycles. The summed E-state index contributed by atoms with van der Waals surface area (Å²) in [6, 6.07) is 10.4. The van der Waals surface area contributed by atoms with Gasteiger partial charge in [-0.3, -0.25) is 0 Å². The first-order valence-corrected chi connectivity index (χ1v) is 9.63. The molecule has 2 rings (SSSR count). The fourth-order valence-electron chi connectivity index (χ4n) is 2.33. The van der Waals surface area contributed by atoms with Crippen molar-refractivity contribution in [2.24, 2.45) is 11.3 Å². The number of anilines is 1. The maximum atomic E-state index is 6.21. The molecule has 1 heterocycles. The highest BCUT2D eigenvalue weighted by molar-refractivity contribution is 8.11. The monoisotopic (exact) mass is 312 g/mol. The summed E-state index contributed by atoms with van der Waals surface area (Å²) in [5.74, 6) is 0.485. The smallest absolute Gasteiger partial charge is 0.228 e. The van der Waals surface area contributed by atoms with E-state index < -0.39 is 6.57 Å². The van der Waals surface area contributed by atoms with E-state index >= 15 is 0 Å². The van der Waals surface area contributed by atoms with Crippen LogP contribution in [0.25, 0.3) is 0 Å². The Labute approximate surface area is 128 Å². The second kappa shape index (κ2) is 5.76. The van der Waals surface area contributed by atoms with Gasteiger partial charge in [0.2, 0.25) is 6.57 Å². The summed E-state index contributed by atoms with van der Waals surface area (Å²) in [6.45, 7) is 6.41. The summed E-state index contributed by atoms with van der Waals surface area (Å²) in [4.78, 5) is 0. The van der Waals surface area contributed by atoms with Gasteiger partial charge < -0.3 is 9.19 Å². The van der Waals surface area contributed by atoms with Gasteiger partial charge in [-0.25, -0.2) is 4.67 Å². The lowest BCUT2D eigenvalue weighted by atomic mass is 9.81. The summed E-state index contributed by atoms with van der Waals surface area (Å²) >= 11 is 5.90. The molecule has 0 spiro atoms. The molecule has 0 N–H and O–H groups in total. The van der Waals surface area contributed by atoms with E-state index in [0.717, 1.165) is 13.2 Å². The van der Waals surface area contributed by atoms with E-state index in [1.165, 1.54) is 5.69 Å². The Morgan fingerprint density at radius 1 is 1.25 bits per heavy atom. The van der Waals surface area contributed by atoms with Gasteiger partial charge in [0.25, 0.3) is 0 Å². The molecule has 1 aliphatic heterocycles. The molecule has 0 radical (unpaired) electrons. The van der Waals surface area contributed by atoms with Gasteiger partial charge >= 0.3 is 0 Å². The zero-order valence-corrected chi connectivity index (χ0v) is 14.7. The van der Waals surface area contributed by atoms with Gasteiger partial charge in [0.05, 0.1) is 6.61 Å². The normalized spacial score (nSPS) is 27.9. The van der Waals surface area contributed by atoms with E-state index in [9.17, 15) is 0 Å². The summed E-state index contributed by atoms with van der Waals surface area (Å²) in [6.07, 6.45) is 0. The van der Waals surface area contributed by atoms with Crippen molar-refractivity contribution in [1.82, 2.24) is 4.67 Å². The fourth-order valence-corrected chi connectivity index (χ4v) is 5.00. The van der Waals surface area contributed by atoms with E-state index in [0.29, 0.717) is 5.92 Å². The van der Waals surface area contributed by atoms with Crippen molar-refractivity contribution >= 4 is 24.1 Å². The summed E-state index contributed by atoms with van der Waals surface area (Å²) < 4.78 is 10.6. The molecule has 1 fully saturated rings. The van der Waals surface area contributed by atoms with Crippen LogP contribution in [-0.4, -0.2) is 31.9 Å². The predicted octanol–water partition coefficient (Wildman–Crippen LogP) is 3.97. The SMILES string of the molecule is CN(C)[P@]1(=S)OC[C@H](C(C)(C)C)CN1c1ccccc1. The molecule has 20 heavy (non-hydrogen) atoms. The minimum atomic E-state index is -2.12. The van der Waals surface area contributed by atoms with Gasteiger partial charge in [-0.05, 0) is 43.4 Å². The molecular formula is C15H25N2OPS. The molecule has 112 valence electrons. The lowest BCUT2D eigenvalue weighted by Gasteiger charge is -2.48. The largest absolute Gasteiger partial charge is 0.322 e. The number of hydrogen-bond acceptors (Lipinski definition) is 2. The second-order valence-electron chi connectivity index (χ2n) is 6.61. The number of hydrogen-bond donors (Lipinski definition) is 0. The topological polar surface area (TPSA) is 15.7 Å². The number of benzene rings is 1. The van der Waals surface area contributed by atoms with Crippen LogP contribution in [0.5, 0.6) is 0 Å². The molecule has 1 aromatic carbocycles. The molecule has 0 amide bonds. The van der Waals surface area contributed by atoms with Crippen molar-refractivity contribution in [3.63, 3.8) is 0 Å². The minimum absolute atomic E-state index is 0.222. The van der Waals surface area contributed by atoms with Crippen molar-refractivity contribution in [1.29, 1.82) is 0 Å². The van der Waals surface area contributed by atoms with E-state index in [4.69, 9.17) is 16.3 Å². The molecule has 0 aromatic heterocycles. The van der Waals surface area contributed by atoms with E-state index in [1.54, 1.807) is 0 Å². The molecule has 1 saturated heterocycles. The third-order valence-electron chi connectivity index (χ3n) is 3.93. The van der Waals surface area contributed by atoms with Crippen molar-refractivity contribution in [3.8, 4) is 0 Å². The molecule has 3 nitrogen and oxygen atoms in total. The molecule has 2 atom stereocenters. The molecule has 5 heteroatoms. The zero-order valence-electron chi connectivity index (χ0n) is 13.0. The van der Waals surface area contributed by atoms with E-state index in [1.807, 2.05) is 20.2 Å². The molecule has 0 unspecified atom stereocenters. The third kappa shape index (κ3) is 3.09. The highest BCUT2D eigenvalue weighted by Crippen LogP contribution is 2.58. The average molecular weight is 312 g/mol. The van der Waals surface area contributed by atoms with Crippen LogP contribution in [0.1, 0.15) is 20.8 Å². The Hall–Kier alpha value is -0.410. The van der Waals surface area contributed by atoms with Crippen molar-refractivity contribution in [2.75, 3.05) is 31.9 Å². The van der Waals surface area contributed by atoms with E-state index in [-0.39, 0.29) is 5.41 Å². The van der Waals surface area contributed by atoms with Gasteiger partial charge in [0.1, 0.15) is 0 Å². The zero-order chi connectivity index (χ0) is 15.0. The third-order valence-corrected chi connectivity index (χ3v) is 8.31. The maximum absolute atomic E-state index is 6.21. The molecule has 1 aromatic rings. The van der Waals surface area contributed by atoms with Crippen molar-refractivity contribution in [3.05, 3.63) is 30.3 Å². The number of para-hydroxylation sites is 1. The Kier molecular flexibility index (Phi) is 4.60. The molecule has 0 bridgehead atoms. The second-order valence-corrected chi connectivity index (χ2v) is 10.6. The van der Waals surface area contributed by atoms with Crippen molar-refractivity contribution < 1.29 is 4.52 Å².